The third kappa shape index (κ3) is 2.96. The first-order valence-electron chi connectivity index (χ1n) is 5.42. The van der Waals surface area contributed by atoms with Crippen molar-refractivity contribution in [1.29, 1.82) is 0 Å². The van der Waals surface area contributed by atoms with Crippen LogP contribution < -0.4 is 0 Å². The highest BCUT2D eigenvalue weighted by Crippen LogP contribution is 2.22. The van der Waals surface area contributed by atoms with Gasteiger partial charge in [-0.3, -0.25) is 4.90 Å². The van der Waals surface area contributed by atoms with Crippen molar-refractivity contribution in [2.75, 3.05) is 6.54 Å². The van der Waals surface area contributed by atoms with E-state index < -0.39 is 0 Å². The van der Waals surface area contributed by atoms with E-state index in [9.17, 15) is 0 Å². The lowest BCUT2D eigenvalue weighted by Crippen LogP contribution is -2.34. The first kappa shape index (κ1) is 11.0. The van der Waals surface area contributed by atoms with Crippen LogP contribution in [0.4, 0.5) is 0 Å². The zero-order valence-corrected chi connectivity index (χ0v) is 9.58. The Morgan fingerprint density at radius 2 is 1.85 bits per heavy atom. The predicted molar refractivity (Wildman–Crippen MR) is 55.9 cm³/mol. The lowest BCUT2D eigenvalue weighted by molar-refractivity contribution is 0.0124. The largest absolute Gasteiger partial charge is 0.374 e. The number of nitrogens with zero attached hydrogens (tertiary/aromatic N) is 1. The van der Waals surface area contributed by atoms with E-state index in [2.05, 4.69) is 39.5 Å². The van der Waals surface area contributed by atoms with E-state index >= 15 is 0 Å². The van der Waals surface area contributed by atoms with Crippen LogP contribution in [0.1, 0.15) is 41.0 Å². The molecule has 0 bridgehead atoms. The molecule has 78 valence electrons. The molecule has 2 heteroatoms. The highest BCUT2D eigenvalue weighted by atomic mass is 16.5. The third-order valence-corrected chi connectivity index (χ3v) is 2.71. The van der Waals surface area contributed by atoms with Gasteiger partial charge in [0.05, 0.1) is 12.2 Å². The standard InChI is InChI=1S/C11H23NO/c1-8(2)12-7-11(6-10(12)5)13-9(3)4/h8-11H,6-7H2,1-5H3/t10-,11-/m0/s1. The number of likely N-dealkylation sites (tertiary alicyclic amines) is 1. The molecule has 0 saturated carbocycles. The third-order valence-electron chi connectivity index (χ3n) is 2.71. The van der Waals surface area contributed by atoms with Crippen LogP contribution in [0, 0.1) is 0 Å². The minimum Gasteiger partial charge on any atom is -0.374 e. The smallest absolute Gasteiger partial charge is 0.0720 e. The molecule has 1 saturated heterocycles. The van der Waals surface area contributed by atoms with Gasteiger partial charge in [0.1, 0.15) is 0 Å². The Morgan fingerprint density at radius 3 is 2.23 bits per heavy atom. The Morgan fingerprint density at radius 1 is 1.23 bits per heavy atom. The van der Waals surface area contributed by atoms with Crippen LogP contribution in [-0.4, -0.2) is 35.7 Å². The Bertz CT molecular complexity index is 156. The minimum absolute atomic E-state index is 0.365. The van der Waals surface area contributed by atoms with Crippen LogP contribution in [0.3, 0.4) is 0 Å². The number of hydrogen-bond donors (Lipinski definition) is 0. The van der Waals surface area contributed by atoms with Crippen molar-refractivity contribution in [2.24, 2.45) is 0 Å². The SMILES string of the molecule is CC(C)O[C@H]1C[C@H](C)N(C(C)C)C1. The Labute approximate surface area is 82.3 Å². The van der Waals surface area contributed by atoms with Gasteiger partial charge in [0.2, 0.25) is 0 Å². The van der Waals surface area contributed by atoms with Crippen LogP contribution in [0.2, 0.25) is 0 Å². The van der Waals surface area contributed by atoms with Crippen LogP contribution in [0.5, 0.6) is 0 Å². The average Bonchev–Trinajstić information content (AvgIpc) is 2.29. The second kappa shape index (κ2) is 4.43. The topological polar surface area (TPSA) is 12.5 Å². The molecule has 0 unspecified atom stereocenters. The van der Waals surface area contributed by atoms with E-state index in [1.165, 1.54) is 6.42 Å². The summed E-state index contributed by atoms with van der Waals surface area (Å²) in [5, 5.41) is 0. The molecule has 0 radical (unpaired) electrons. The van der Waals surface area contributed by atoms with Gasteiger partial charge in [-0.25, -0.2) is 0 Å². The van der Waals surface area contributed by atoms with E-state index in [0.717, 1.165) is 6.54 Å². The zero-order chi connectivity index (χ0) is 10.0. The molecule has 0 aromatic heterocycles. The van der Waals surface area contributed by atoms with Crippen molar-refractivity contribution in [3.63, 3.8) is 0 Å². The zero-order valence-electron chi connectivity index (χ0n) is 9.58. The quantitative estimate of drug-likeness (QED) is 0.669. The van der Waals surface area contributed by atoms with E-state index in [4.69, 9.17) is 4.74 Å². The van der Waals surface area contributed by atoms with Crippen LogP contribution in [-0.2, 0) is 4.74 Å². The van der Waals surface area contributed by atoms with E-state index in [0.29, 0.717) is 24.3 Å². The van der Waals surface area contributed by atoms with E-state index in [-0.39, 0.29) is 0 Å². The van der Waals surface area contributed by atoms with Gasteiger partial charge in [0.25, 0.3) is 0 Å². The maximum atomic E-state index is 5.82. The number of ether oxygens (including phenoxy) is 1. The summed E-state index contributed by atoms with van der Waals surface area (Å²) in [5.74, 6) is 0. The van der Waals surface area contributed by atoms with Crippen molar-refractivity contribution in [1.82, 2.24) is 4.90 Å². The molecule has 1 aliphatic heterocycles. The minimum atomic E-state index is 0.365. The summed E-state index contributed by atoms with van der Waals surface area (Å²) >= 11 is 0. The van der Waals surface area contributed by atoms with Gasteiger partial charge in [-0.1, -0.05) is 0 Å². The van der Waals surface area contributed by atoms with Crippen LogP contribution in [0.25, 0.3) is 0 Å². The monoisotopic (exact) mass is 185 g/mol. The normalized spacial score (nSPS) is 30.7. The predicted octanol–water partition coefficient (Wildman–Crippen LogP) is 2.28. The van der Waals surface area contributed by atoms with Gasteiger partial charge < -0.3 is 4.74 Å². The summed E-state index contributed by atoms with van der Waals surface area (Å²) in [6, 6.07) is 1.33. The molecule has 1 rings (SSSR count). The van der Waals surface area contributed by atoms with Gasteiger partial charge in [0.15, 0.2) is 0 Å². The van der Waals surface area contributed by atoms with Gasteiger partial charge in [-0.15, -0.1) is 0 Å². The molecule has 0 aromatic rings. The van der Waals surface area contributed by atoms with Crippen molar-refractivity contribution in [2.45, 2.75) is 65.3 Å². The summed E-state index contributed by atoms with van der Waals surface area (Å²) < 4.78 is 5.82. The molecule has 0 N–H and O–H groups in total. The molecule has 0 aliphatic carbocycles. The van der Waals surface area contributed by atoms with E-state index in [1.807, 2.05) is 0 Å². The first-order valence-corrected chi connectivity index (χ1v) is 5.42. The summed E-state index contributed by atoms with van der Waals surface area (Å²) in [5.41, 5.74) is 0. The average molecular weight is 185 g/mol. The Balaban J connectivity index is 2.40. The molecule has 1 aliphatic rings. The molecule has 2 atom stereocenters. The van der Waals surface area contributed by atoms with Crippen molar-refractivity contribution in [3.05, 3.63) is 0 Å². The molecule has 0 amide bonds. The Kier molecular flexibility index (Phi) is 3.74. The number of hydrogen-bond acceptors (Lipinski definition) is 2. The molecular weight excluding hydrogens is 162 g/mol. The summed E-state index contributed by atoms with van der Waals surface area (Å²) in [6.07, 6.45) is 2.01. The first-order chi connectivity index (χ1) is 6.00. The van der Waals surface area contributed by atoms with Crippen molar-refractivity contribution >= 4 is 0 Å². The van der Waals surface area contributed by atoms with Crippen molar-refractivity contribution in [3.8, 4) is 0 Å². The number of rotatable bonds is 3. The molecule has 13 heavy (non-hydrogen) atoms. The van der Waals surface area contributed by atoms with Gasteiger partial charge >= 0.3 is 0 Å². The highest BCUT2D eigenvalue weighted by molar-refractivity contribution is 4.85. The van der Waals surface area contributed by atoms with Crippen LogP contribution >= 0.6 is 0 Å². The van der Waals surface area contributed by atoms with Gasteiger partial charge in [0, 0.05) is 18.6 Å². The molecule has 0 aromatic carbocycles. The van der Waals surface area contributed by atoms with E-state index in [1.54, 1.807) is 0 Å². The fourth-order valence-electron chi connectivity index (χ4n) is 2.21. The maximum absolute atomic E-state index is 5.82. The summed E-state index contributed by atoms with van der Waals surface area (Å²) in [4.78, 5) is 2.52. The molecule has 1 heterocycles. The fourth-order valence-corrected chi connectivity index (χ4v) is 2.21. The molecule has 0 spiro atoms. The lowest BCUT2D eigenvalue weighted by Gasteiger charge is -2.25. The summed E-state index contributed by atoms with van der Waals surface area (Å²) in [6.45, 7) is 12.1. The lowest BCUT2D eigenvalue weighted by atomic mass is 10.2. The van der Waals surface area contributed by atoms with Crippen LogP contribution in [0.15, 0.2) is 0 Å². The molecular formula is C11H23NO. The molecule has 1 fully saturated rings. The second-order valence-electron chi connectivity index (χ2n) is 4.68. The maximum Gasteiger partial charge on any atom is 0.0720 e. The van der Waals surface area contributed by atoms with Crippen molar-refractivity contribution < 1.29 is 4.74 Å². The highest BCUT2D eigenvalue weighted by Gasteiger charge is 2.31. The fraction of sp³-hybridized carbons (Fsp3) is 1.00. The van der Waals surface area contributed by atoms with Gasteiger partial charge in [-0.05, 0) is 41.0 Å². The Hall–Kier alpha value is -0.0800. The second-order valence-corrected chi connectivity index (χ2v) is 4.68. The van der Waals surface area contributed by atoms with Gasteiger partial charge in [-0.2, -0.15) is 0 Å². The molecule has 2 nitrogen and oxygen atoms in total. The summed E-state index contributed by atoms with van der Waals surface area (Å²) in [7, 11) is 0.